The largest absolute Gasteiger partial charge is 0.492 e. The van der Waals surface area contributed by atoms with Gasteiger partial charge in [0.25, 0.3) is 10.0 Å². The number of amides is 2. The third kappa shape index (κ3) is 7.85. The van der Waals surface area contributed by atoms with Crippen LogP contribution in [0.15, 0.2) is 88.2 Å². The molecule has 0 aliphatic rings. The van der Waals surface area contributed by atoms with Gasteiger partial charge in [-0.25, -0.2) is 8.42 Å². The molecule has 1 N–H and O–H groups in total. The van der Waals surface area contributed by atoms with E-state index in [1.807, 2.05) is 38.1 Å². The Bertz CT molecular complexity index is 1400. The Labute approximate surface area is 245 Å². The van der Waals surface area contributed by atoms with Crippen LogP contribution in [0.3, 0.4) is 0 Å². The van der Waals surface area contributed by atoms with Crippen molar-refractivity contribution < 1.29 is 22.7 Å². The van der Waals surface area contributed by atoms with Gasteiger partial charge in [-0.05, 0) is 69.2 Å². The van der Waals surface area contributed by atoms with Gasteiger partial charge in [0.05, 0.1) is 17.2 Å². The molecule has 10 heteroatoms. The Hall–Kier alpha value is -3.37. The van der Waals surface area contributed by atoms with E-state index in [1.165, 1.54) is 17.0 Å². The highest BCUT2D eigenvalue weighted by molar-refractivity contribution is 9.10. The van der Waals surface area contributed by atoms with Crippen LogP contribution >= 0.6 is 15.9 Å². The fraction of sp³-hybridized carbons (Fsp3) is 0.333. The highest BCUT2D eigenvalue weighted by Gasteiger charge is 2.34. The van der Waals surface area contributed by atoms with E-state index in [4.69, 9.17) is 4.74 Å². The Morgan fingerprint density at radius 3 is 2.27 bits per heavy atom. The van der Waals surface area contributed by atoms with Crippen LogP contribution in [-0.4, -0.2) is 50.4 Å². The van der Waals surface area contributed by atoms with Gasteiger partial charge in [-0.3, -0.25) is 13.9 Å². The summed E-state index contributed by atoms with van der Waals surface area (Å²) in [5, 5.41) is 2.93. The molecule has 214 valence electrons. The number of hydrogen-bond donors (Lipinski definition) is 1. The minimum atomic E-state index is -4.17. The van der Waals surface area contributed by atoms with Crippen molar-refractivity contribution in [2.24, 2.45) is 0 Å². The van der Waals surface area contributed by atoms with Gasteiger partial charge in [0.15, 0.2) is 0 Å². The SMILES string of the molecule is CCOc1ccccc1N(CC(=O)N(Cc1cccc(Br)c1)[C@H](C)C(=O)N[C@@H](C)CC)S(=O)(=O)c1ccccc1. The van der Waals surface area contributed by atoms with E-state index in [0.29, 0.717) is 12.4 Å². The molecule has 3 aromatic rings. The number of nitrogens with one attached hydrogen (secondary N) is 1. The molecular weight excluding hydrogens is 594 g/mol. The third-order valence-corrected chi connectivity index (χ3v) is 8.72. The molecule has 2 atom stereocenters. The summed E-state index contributed by atoms with van der Waals surface area (Å²) in [7, 11) is -4.17. The molecule has 40 heavy (non-hydrogen) atoms. The second-order valence-electron chi connectivity index (χ2n) is 9.37. The predicted molar refractivity (Wildman–Crippen MR) is 161 cm³/mol. The molecule has 0 aliphatic heterocycles. The summed E-state index contributed by atoms with van der Waals surface area (Å²) in [5.41, 5.74) is 1.03. The molecule has 0 spiro atoms. The van der Waals surface area contributed by atoms with Crippen LogP contribution < -0.4 is 14.4 Å². The molecule has 0 saturated heterocycles. The van der Waals surface area contributed by atoms with E-state index < -0.39 is 28.5 Å². The van der Waals surface area contributed by atoms with E-state index in [0.717, 1.165) is 20.8 Å². The lowest BCUT2D eigenvalue weighted by molar-refractivity contribution is -0.139. The first-order valence-corrected chi connectivity index (χ1v) is 15.5. The maximum Gasteiger partial charge on any atom is 0.264 e. The normalized spacial score (nSPS) is 12.7. The van der Waals surface area contributed by atoms with Gasteiger partial charge in [-0.1, -0.05) is 65.3 Å². The maximum absolute atomic E-state index is 14.1. The fourth-order valence-electron chi connectivity index (χ4n) is 4.05. The summed E-state index contributed by atoms with van der Waals surface area (Å²) in [6.07, 6.45) is 0.731. The minimum Gasteiger partial charge on any atom is -0.492 e. The van der Waals surface area contributed by atoms with Crippen LogP contribution in [-0.2, 0) is 26.2 Å². The second kappa shape index (κ2) is 14.3. The molecular formula is C30H36BrN3O5S. The number of anilines is 1. The molecule has 0 unspecified atom stereocenters. The van der Waals surface area contributed by atoms with Crippen molar-refractivity contribution in [1.29, 1.82) is 0 Å². The van der Waals surface area contributed by atoms with Gasteiger partial charge < -0.3 is 15.0 Å². The molecule has 0 saturated carbocycles. The molecule has 8 nitrogen and oxygen atoms in total. The van der Waals surface area contributed by atoms with Crippen LogP contribution in [0.2, 0.25) is 0 Å². The first kappa shape index (κ1) is 31.2. The quantitative estimate of drug-likeness (QED) is 0.274. The highest BCUT2D eigenvalue weighted by atomic mass is 79.9. The standard InChI is InChI=1S/C30H36BrN3O5S/c1-5-22(3)32-30(36)23(4)33(20-24-13-12-14-25(31)19-24)29(35)21-34(27-17-10-11-18-28(27)39-6-2)40(37,38)26-15-8-7-9-16-26/h7-19,22-23H,5-6,20-21H2,1-4H3,(H,32,36)/t22-,23+/m0/s1. The molecule has 0 aliphatic carbocycles. The van der Waals surface area contributed by atoms with Gasteiger partial charge in [0.1, 0.15) is 18.3 Å². The lowest BCUT2D eigenvalue weighted by Gasteiger charge is -2.33. The number of halogens is 1. The van der Waals surface area contributed by atoms with E-state index in [-0.39, 0.29) is 29.1 Å². The van der Waals surface area contributed by atoms with Crippen molar-refractivity contribution in [1.82, 2.24) is 10.2 Å². The summed E-state index contributed by atoms with van der Waals surface area (Å²) in [4.78, 5) is 28.7. The molecule has 0 fully saturated rings. The zero-order valence-corrected chi connectivity index (χ0v) is 25.6. The number of carbonyl (C=O) groups is 2. The molecule has 0 bridgehead atoms. The number of carbonyl (C=O) groups excluding carboxylic acids is 2. The zero-order chi connectivity index (χ0) is 29.3. The van der Waals surface area contributed by atoms with Crippen molar-refractivity contribution in [2.45, 2.75) is 57.6 Å². The Morgan fingerprint density at radius 2 is 1.62 bits per heavy atom. The van der Waals surface area contributed by atoms with E-state index in [1.54, 1.807) is 56.3 Å². The minimum absolute atomic E-state index is 0.0372. The lowest BCUT2D eigenvalue weighted by atomic mass is 10.1. The summed E-state index contributed by atoms with van der Waals surface area (Å²) in [6.45, 7) is 7.20. The molecule has 0 radical (unpaired) electrons. The van der Waals surface area contributed by atoms with Gasteiger partial charge in [-0.2, -0.15) is 0 Å². The van der Waals surface area contributed by atoms with Gasteiger partial charge >= 0.3 is 0 Å². The summed E-state index contributed by atoms with van der Waals surface area (Å²) in [5.74, 6) is -0.513. The monoisotopic (exact) mass is 629 g/mol. The van der Waals surface area contributed by atoms with Crippen molar-refractivity contribution in [3.8, 4) is 5.75 Å². The van der Waals surface area contributed by atoms with Crippen LogP contribution in [0.25, 0.3) is 0 Å². The molecule has 2 amide bonds. The number of para-hydroxylation sites is 2. The number of benzene rings is 3. The molecule has 3 rings (SSSR count). The fourth-order valence-corrected chi connectivity index (χ4v) is 5.95. The lowest BCUT2D eigenvalue weighted by Crippen LogP contribution is -2.52. The second-order valence-corrected chi connectivity index (χ2v) is 12.1. The van der Waals surface area contributed by atoms with Gasteiger partial charge in [0.2, 0.25) is 11.8 Å². The van der Waals surface area contributed by atoms with Crippen molar-refractivity contribution >= 4 is 43.5 Å². The van der Waals surface area contributed by atoms with E-state index in [9.17, 15) is 18.0 Å². The first-order valence-electron chi connectivity index (χ1n) is 13.2. The number of ether oxygens (including phenoxy) is 1. The van der Waals surface area contributed by atoms with Crippen LogP contribution in [0, 0.1) is 0 Å². The average Bonchev–Trinajstić information content (AvgIpc) is 2.95. The summed E-state index contributed by atoms with van der Waals surface area (Å²) < 4.78 is 35.5. The van der Waals surface area contributed by atoms with Crippen LogP contribution in [0.5, 0.6) is 5.75 Å². The number of hydrogen-bond acceptors (Lipinski definition) is 5. The van der Waals surface area contributed by atoms with Gasteiger partial charge in [-0.15, -0.1) is 0 Å². The van der Waals surface area contributed by atoms with Crippen molar-refractivity contribution in [3.05, 3.63) is 88.9 Å². The van der Waals surface area contributed by atoms with E-state index >= 15 is 0 Å². The van der Waals surface area contributed by atoms with Gasteiger partial charge in [0, 0.05) is 17.1 Å². The van der Waals surface area contributed by atoms with Crippen molar-refractivity contribution in [3.63, 3.8) is 0 Å². The summed E-state index contributed by atoms with van der Waals surface area (Å²) >= 11 is 3.46. The molecule has 3 aromatic carbocycles. The third-order valence-electron chi connectivity index (χ3n) is 6.45. The number of sulfonamides is 1. The molecule has 0 aromatic heterocycles. The Morgan fingerprint density at radius 1 is 0.950 bits per heavy atom. The first-order chi connectivity index (χ1) is 19.1. The van der Waals surface area contributed by atoms with Crippen LogP contribution in [0.4, 0.5) is 5.69 Å². The maximum atomic E-state index is 14.1. The average molecular weight is 631 g/mol. The topological polar surface area (TPSA) is 96.0 Å². The summed E-state index contributed by atoms with van der Waals surface area (Å²) in [6, 6.07) is 21.1. The van der Waals surface area contributed by atoms with Crippen LogP contribution in [0.1, 0.15) is 39.7 Å². The van der Waals surface area contributed by atoms with Crippen molar-refractivity contribution in [2.75, 3.05) is 17.5 Å². The zero-order valence-electron chi connectivity index (χ0n) is 23.2. The van der Waals surface area contributed by atoms with E-state index in [2.05, 4.69) is 21.2 Å². The molecule has 0 heterocycles. The Kier molecular flexibility index (Phi) is 11.2. The number of nitrogens with zero attached hydrogens (tertiary/aromatic N) is 2. The Balaban J connectivity index is 2.06. The highest BCUT2D eigenvalue weighted by Crippen LogP contribution is 2.33. The number of rotatable bonds is 13. The smallest absolute Gasteiger partial charge is 0.264 e. The predicted octanol–water partition coefficient (Wildman–Crippen LogP) is 5.38.